The van der Waals surface area contributed by atoms with Gasteiger partial charge in [-0.3, -0.25) is 0 Å². The van der Waals surface area contributed by atoms with E-state index in [0.29, 0.717) is 37.1 Å². The molecule has 0 bridgehead atoms. The molecule has 0 radical (unpaired) electrons. The molecule has 176 valence electrons. The van der Waals surface area contributed by atoms with Crippen molar-refractivity contribution >= 4 is 32.8 Å². The zero-order valence-electron chi connectivity index (χ0n) is 17.6. The molecule has 1 aliphatic rings. The Balaban J connectivity index is 1.71. The van der Waals surface area contributed by atoms with Crippen molar-refractivity contribution in [3.63, 3.8) is 0 Å². The standard InChI is InChI=1S/C19H23F3N4O5S/c1-18(2,3)30-17(27)26-8-5-13(6-9-26)25-15-10-14-12(11-24-15)4-7-23-16(14)31-32(28,29)19(20,21)22/h4,7,10-11,13H,5-6,8-9H2,1-3H3,(H,24,25). The average molecular weight is 476 g/mol. The highest BCUT2D eigenvalue weighted by molar-refractivity contribution is 7.88. The summed E-state index contributed by atoms with van der Waals surface area (Å²) in [7, 11) is -5.86. The number of hydrogen-bond donors (Lipinski definition) is 1. The van der Waals surface area contributed by atoms with Crippen LogP contribution >= 0.6 is 0 Å². The van der Waals surface area contributed by atoms with Crippen molar-refractivity contribution in [2.45, 2.75) is 50.8 Å². The minimum absolute atomic E-state index is 0.0569. The van der Waals surface area contributed by atoms with E-state index in [1.165, 1.54) is 18.3 Å². The van der Waals surface area contributed by atoms with Crippen molar-refractivity contribution in [3.8, 4) is 5.88 Å². The smallest absolute Gasteiger partial charge is 0.444 e. The lowest BCUT2D eigenvalue weighted by Gasteiger charge is -2.33. The molecule has 0 aliphatic carbocycles. The monoisotopic (exact) mass is 476 g/mol. The minimum atomic E-state index is -5.86. The number of alkyl halides is 3. The topological polar surface area (TPSA) is 111 Å². The molecule has 1 saturated heterocycles. The SMILES string of the molecule is CC(C)(C)OC(=O)N1CCC(Nc2cc3c(OS(=O)(=O)C(F)(F)F)nccc3cn2)CC1. The molecule has 13 heteroatoms. The van der Waals surface area contributed by atoms with Crippen molar-refractivity contribution in [1.82, 2.24) is 14.9 Å². The third kappa shape index (κ3) is 5.69. The fraction of sp³-hybridized carbons (Fsp3) is 0.526. The largest absolute Gasteiger partial charge is 0.534 e. The first-order chi connectivity index (χ1) is 14.7. The van der Waals surface area contributed by atoms with E-state index >= 15 is 0 Å². The third-order valence-electron chi connectivity index (χ3n) is 4.58. The van der Waals surface area contributed by atoms with E-state index in [1.807, 2.05) is 0 Å². The summed E-state index contributed by atoms with van der Waals surface area (Å²) in [6, 6.07) is 2.79. The van der Waals surface area contributed by atoms with Crippen molar-refractivity contribution in [2.75, 3.05) is 18.4 Å². The van der Waals surface area contributed by atoms with Gasteiger partial charge < -0.3 is 19.1 Å². The van der Waals surface area contributed by atoms with Crippen molar-refractivity contribution in [1.29, 1.82) is 0 Å². The zero-order chi connectivity index (χ0) is 23.7. The van der Waals surface area contributed by atoms with Crippen LogP contribution in [0.3, 0.4) is 0 Å². The van der Waals surface area contributed by atoms with Crippen LogP contribution in [0.15, 0.2) is 24.5 Å². The Kier molecular flexibility index (Phi) is 6.40. The molecule has 3 heterocycles. The van der Waals surface area contributed by atoms with Gasteiger partial charge in [-0.2, -0.15) is 21.6 Å². The second kappa shape index (κ2) is 8.60. The highest BCUT2D eigenvalue weighted by Gasteiger charge is 2.49. The minimum Gasteiger partial charge on any atom is -0.444 e. The lowest BCUT2D eigenvalue weighted by Crippen LogP contribution is -2.44. The molecule has 0 aromatic carbocycles. The highest BCUT2D eigenvalue weighted by Crippen LogP contribution is 2.31. The number of carbonyl (C=O) groups is 1. The van der Waals surface area contributed by atoms with Crippen LogP contribution in [0.1, 0.15) is 33.6 Å². The van der Waals surface area contributed by atoms with Crippen LogP contribution in [-0.2, 0) is 14.9 Å². The molecule has 1 aliphatic heterocycles. The van der Waals surface area contributed by atoms with Crippen molar-refractivity contribution in [2.24, 2.45) is 0 Å². The second-order valence-corrected chi connectivity index (χ2v) is 9.81. The number of rotatable bonds is 4. The quantitative estimate of drug-likeness (QED) is 0.526. The number of pyridine rings is 2. The molecule has 0 spiro atoms. The lowest BCUT2D eigenvalue weighted by atomic mass is 10.1. The molecular formula is C19H23F3N4O5S. The van der Waals surface area contributed by atoms with Gasteiger partial charge in [0.05, 0.1) is 5.39 Å². The summed E-state index contributed by atoms with van der Waals surface area (Å²) in [6.07, 6.45) is 3.31. The molecule has 2 aromatic rings. The summed E-state index contributed by atoms with van der Waals surface area (Å²) in [5.41, 5.74) is -6.17. The van der Waals surface area contributed by atoms with E-state index in [2.05, 4.69) is 19.5 Å². The van der Waals surface area contributed by atoms with Crippen LogP contribution in [0.25, 0.3) is 10.8 Å². The van der Waals surface area contributed by atoms with Crippen LogP contribution in [0.2, 0.25) is 0 Å². The van der Waals surface area contributed by atoms with Gasteiger partial charge in [-0.1, -0.05) is 0 Å². The van der Waals surface area contributed by atoms with Crippen LogP contribution in [0.4, 0.5) is 23.8 Å². The molecule has 3 rings (SSSR count). The van der Waals surface area contributed by atoms with E-state index in [0.717, 1.165) is 6.20 Å². The predicted molar refractivity (Wildman–Crippen MR) is 110 cm³/mol. The number of likely N-dealkylation sites (tertiary alicyclic amines) is 1. The van der Waals surface area contributed by atoms with Crippen molar-refractivity contribution in [3.05, 3.63) is 24.5 Å². The van der Waals surface area contributed by atoms with E-state index in [-0.39, 0.29) is 11.4 Å². The Morgan fingerprint density at radius 3 is 2.44 bits per heavy atom. The molecule has 1 fully saturated rings. The maximum absolute atomic E-state index is 12.7. The predicted octanol–water partition coefficient (Wildman–Crippen LogP) is 3.67. The maximum atomic E-state index is 12.7. The number of ether oxygens (including phenoxy) is 1. The van der Waals surface area contributed by atoms with Gasteiger partial charge in [-0.25, -0.2) is 14.8 Å². The molecule has 2 aromatic heterocycles. The number of carbonyl (C=O) groups excluding carboxylic acids is 1. The van der Waals surface area contributed by atoms with Gasteiger partial charge >= 0.3 is 21.7 Å². The van der Waals surface area contributed by atoms with Gasteiger partial charge in [0.25, 0.3) is 0 Å². The average Bonchev–Trinajstić information content (AvgIpc) is 2.66. The Morgan fingerprint density at radius 1 is 1.19 bits per heavy atom. The molecule has 1 amide bonds. The summed E-state index contributed by atoms with van der Waals surface area (Å²) >= 11 is 0. The summed E-state index contributed by atoms with van der Waals surface area (Å²) in [4.78, 5) is 21.6. The zero-order valence-corrected chi connectivity index (χ0v) is 18.5. The van der Waals surface area contributed by atoms with Crippen LogP contribution in [0, 0.1) is 0 Å². The lowest BCUT2D eigenvalue weighted by molar-refractivity contribution is -0.0500. The molecule has 0 atom stereocenters. The first-order valence-electron chi connectivity index (χ1n) is 9.75. The normalized spacial score (nSPS) is 16.1. The van der Waals surface area contributed by atoms with Crippen LogP contribution < -0.4 is 9.50 Å². The first-order valence-corrected chi connectivity index (χ1v) is 11.2. The van der Waals surface area contributed by atoms with Crippen LogP contribution in [0.5, 0.6) is 5.88 Å². The van der Waals surface area contributed by atoms with Gasteiger partial charge in [-0.15, -0.1) is 0 Å². The Hall–Kier alpha value is -2.83. The number of piperidine rings is 1. The molecule has 0 saturated carbocycles. The summed E-state index contributed by atoms with van der Waals surface area (Å²) in [5.74, 6) is -0.375. The van der Waals surface area contributed by atoms with Gasteiger partial charge in [0.15, 0.2) is 0 Å². The van der Waals surface area contributed by atoms with E-state index in [1.54, 1.807) is 25.7 Å². The molecule has 1 N–H and O–H groups in total. The van der Waals surface area contributed by atoms with Gasteiger partial charge in [0.2, 0.25) is 5.88 Å². The first kappa shape index (κ1) is 23.8. The number of nitrogens with zero attached hydrogens (tertiary/aromatic N) is 3. The number of nitrogens with one attached hydrogen (secondary N) is 1. The second-order valence-electron chi connectivity index (χ2n) is 8.28. The van der Waals surface area contributed by atoms with Gasteiger partial charge in [0, 0.05) is 36.9 Å². The van der Waals surface area contributed by atoms with E-state index in [4.69, 9.17) is 4.74 Å². The van der Waals surface area contributed by atoms with Gasteiger partial charge in [0.1, 0.15) is 11.4 Å². The number of hydrogen-bond acceptors (Lipinski definition) is 8. The number of fused-ring (bicyclic) bond motifs is 1. The number of aromatic nitrogens is 2. The van der Waals surface area contributed by atoms with E-state index in [9.17, 15) is 26.4 Å². The van der Waals surface area contributed by atoms with E-state index < -0.39 is 33.2 Å². The number of anilines is 1. The molecule has 0 unspecified atom stereocenters. The fourth-order valence-corrected chi connectivity index (χ4v) is 3.51. The van der Waals surface area contributed by atoms with Crippen LogP contribution in [-0.4, -0.2) is 59.6 Å². The Morgan fingerprint density at radius 2 is 1.84 bits per heavy atom. The highest BCUT2D eigenvalue weighted by atomic mass is 32.2. The summed E-state index contributed by atoms with van der Waals surface area (Å²) in [5, 5.41) is 3.57. The van der Waals surface area contributed by atoms with Gasteiger partial charge in [-0.05, 0) is 45.7 Å². The third-order valence-corrected chi connectivity index (χ3v) is 5.53. The Labute approximate surface area is 183 Å². The molecular weight excluding hydrogens is 453 g/mol. The Bertz CT molecular complexity index is 1090. The molecule has 9 nitrogen and oxygen atoms in total. The van der Waals surface area contributed by atoms with Crippen molar-refractivity contribution < 1.29 is 35.3 Å². The summed E-state index contributed by atoms with van der Waals surface area (Å²) < 4.78 is 70.4. The molecule has 32 heavy (non-hydrogen) atoms. The number of halogens is 3. The number of amides is 1. The fourth-order valence-electron chi connectivity index (χ4n) is 3.08. The maximum Gasteiger partial charge on any atom is 0.534 e. The summed E-state index contributed by atoms with van der Waals surface area (Å²) in [6.45, 7) is 6.28.